The maximum Gasteiger partial charge on any atom is 0.0626 e. The standard InChI is InChI=1S/C8H15O/c1-3-4-5-8-6-9-7(8)2/h7-8H,2-6H2,1H3. The highest BCUT2D eigenvalue weighted by atomic mass is 16.5. The van der Waals surface area contributed by atoms with E-state index in [0.717, 1.165) is 12.5 Å². The minimum atomic E-state index is 0.302. The van der Waals surface area contributed by atoms with Gasteiger partial charge in [0.15, 0.2) is 0 Å². The molecule has 1 saturated heterocycles. The number of hydrogen-bond donors (Lipinski definition) is 0. The topological polar surface area (TPSA) is 9.23 Å². The highest BCUT2D eigenvalue weighted by molar-refractivity contribution is 4.79. The van der Waals surface area contributed by atoms with Gasteiger partial charge >= 0.3 is 0 Å². The molecule has 9 heavy (non-hydrogen) atoms. The second-order valence-electron chi connectivity index (χ2n) is 2.77. The molecule has 1 aliphatic rings. The Kier molecular flexibility index (Phi) is 2.52. The Morgan fingerprint density at radius 2 is 2.44 bits per heavy atom. The molecule has 1 fully saturated rings. The quantitative estimate of drug-likeness (QED) is 0.563. The Morgan fingerprint density at radius 3 is 2.78 bits per heavy atom. The van der Waals surface area contributed by atoms with Gasteiger partial charge in [-0.2, -0.15) is 0 Å². The average Bonchev–Trinajstić information content (AvgIpc) is 1.86. The Labute approximate surface area is 57.4 Å². The van der Waals surface area contributed by atoms with Crippen LogP contribution in [0, 0.1) is 12.8 Å². The second kappa shape index (κ2) is 3.21. The second-order valence-corrected chi connectivity index (χ2v) is 2.77. The number of hydrogen-bond acceptors (Lipinski definition) is 1. The Balaban J connectivity index is 1.99. The summed E-state index contributed by atoms with van der Waals surface area (Å²) in [4.78, 5) is 0. The molecule has 1 radical (unpaired) electrons. The molecule has 53 valence electrons. The van der Waals surface area contributed by atoms with E-state index in [9.17, 15) is 0 Å². The minimum absolute atomic E-state index is 0.302. The van der Waals surface area contributed by atoms with Gasteiger partial charge in [-0.25, -0.2) is 0 Å². The van der Waals surface area contributed by atoms with Crippen LogP contribution in [0.25, 0.3) is 0 Å². The fourth-order valence-corrected chi connectivity index (χ4v) is 1.10. The Morgan fingerprint density at radius 1 is 1.67 bits per heavy atom. The summed E-state index contributed by atoms with van der Waals surface area (Å²) in [5.41, 5.74) is 0. The largest absolute Gasteiger partial charge is 0.377 e. The van der Waals surface area contributed by atoms with Gasteiger partial charge in [0.25, 0.3) is 0 Å². The maximum atomic E-state index is 5.13. The van der Waals surface area contributed by atoms with E-state index in [0.29, 0.717) is 6.10 Å². The number of ether oxygens (including phenoxy) is 1. The van der Waals surface area contributed by atoms with Gasteiger partial charge in [0.05, 0.1) is 12.7 Å². The number of unbranched alkanes of at least 4 members (excludes halogenated alkanes) is 1. The lowest BCUT2D eigenvalue weighted by atomic mass is 9.94. The van der Waals surface area contributed by atoms with Gasteiger partial charge < -0.3 is 4.74 Å². The van der Waals surface area contributed by atoms with Crippen LogP contribution in [0.15, 0.2) is 0 Å². The molecule has 1 aliphatic heterocycles. The Bertz CT molecular complexity index is 80.6. The zero-order valence-electron chi connectivity index (χ0n) is 6.10. The first-order valence-electron chi connectivity index (χ1n) is 3.79. The molecule has 0 aromatic heterocycles. The van der Waals surface area contributed by atoms with E-state index in [-0.39, 0.29) is 0 Å². The summed E-state index contributed by atoms with van der Waals surface area (Å²) in [5.74, 6) is 0.768. The van der Waals surface area contributed by atoms with Gasteiger partial charge in [-0.15, -0.1) is 0 Å². The van der Waals surface area contributed by atoms with Crippen LogP contribution in [0.1, 0.15) is 26.2 Å². The first-order chi connectivity index (χ1) is 4.34. The van der Waals surface area contributed by atoms with E-state index in [1.54, 1.807) is 0 Å². The lowest BCUT2D eigenvalue weighted by Gasteiger charge is -2.33. The first kappa shape index (κ1) is 7.07. The predicted molar refractivity (Wildman–Crippen MR) is 38.1 cm³/mol. The van der Waals surface area contributed by atoms with Crippen molar-refractivity contribution in [3.8, 4) is 0 Å². The van der Waals surface area contributed by atoms with Crippen molar-refractivity contribution in [2.24, 2.45) is 5.92 Å². The summed E-state index contributed by atoms with van der Waals surface area (Å²) >= 11 is 0. The molecule has 0 bridgehead atoms. The summed E-state index contributed by atoms with van der Waals surface area (Å²) in [6.07, 6.45) is 4.24. The van der Waals surface area contributed by atoms with Crippen LogP contribution in [-0.4, -0.2) is 12.7 Å². The monoisotopic (exact) mass is 127 g/mol. The van der Waals surface area contributed by atoms with E-state index in [1.807, 2.05) is 0 Å². The lowest BCUT2D eigenvalue weighted by Crippen LogP contribution is -2.37. The molecule has 2 atom stereocenters. The molecule has 0 aromatic rings. The highest BCUT2D eigenvalue weighted by Crippen LogP contribution is 2.24. The summed E-state index contributed by atoms with van der Waals surface area (Å²) in [6.45, 7) is 7.03. The minimum Gasteiger partial charge on any atom is -0.377 e. The van der Waals surface area contributed by atoms with E-state index >= 15 is 0 Å². The van der Waals surface area contributed by atoms with Crippen molar-refractivity contribution in [3.63, 3.8) is 0 Å². The van der Waals surface area contributed by atoms with Gasteiger partial charge in [-0.3, -0.25) is 0 Å². The van der Waals surface area contributed by atoms with E-state index in [2.05, 4.69) is 13.8 Å². The van der Waals surface area contributed by atoms with Gasteiger partial charge in [0.2, 0.25) is 0 Å². The molecule has 0 spiro atoms. The molecular formula is C8H15O. The van der Waals surface area contributed by atoms with Crippen LogP contribution in [0.4, 0.5) is 0 Å². The smallest absolute Gasteiger partial charge is 0.0626 e. The van der Waals surface area contributed by atoms with Gasteiger partial charge in [0, 0.05) is 5.92 Å². The fourth-order valence-electron chi connectivity index (χ4n) is 1.10. The highest BCUT2D eigenvalue weighted by Gasteiger charge is 2.26. The van der Waals surface area contributed by atoms with Crippen molar-refractivity contribution in [1.29, 1.82) is 0 Å². The Hall–Kier alpha value is -0.0400. The summed E-state index contributed by atoms with van der Waals surface area (Å²) in [5, 5.41) is 0. The zero-order chi connectivity index (χ0) is 6.69. The van der Waals surface area contributed by atoms with E-state index in [4.69, 9.17) is 4.74 Å². The molecule has 0 amide bonds. The van der Waals surface area contributed by atoms with Crippen molar-refractivity contribution in [2.75, 3.05) is 6.61 Å². The van der Waals surface area contributed by atoms with Crippen LogP contribution in [0.3, 0.4) is 0 Å². The van der Waals surface area contributed by atoms with Crippen molar-refractivity contribution in [3.05, 3.63) is 6.92 Å². The zero-order valence-corrected chi connectivity index (χ0v) is 6.10. The third-order valence-electron chi connectivity index (χ3n) is 1.98. The van der Waals surface area contributed by atoms with Crippen LogP contribution >= 0.6 is 0 Å². The first-order valence-corrected chi connectivity index (χ1v) is 3.79. The van der Waals surface area contributed by atoms with Crippen LogP contribution in [-0.2, 0) is 4.74 Å². The lowest BCUT2D eigenvalue weighted by molar-refractivity contribution is -0.0903. The van der Waals surface area contributed by atoms with Crippen LogP contribution < -0.4 is 0 Å². The summed E-state index contributed by atoms with van der Waals surface area (Å²) in [6, 6.07) is 0. The third-order valence-corrected chi connectivity index (χ3v) is 1.98. The van der Waals surface area contributed by atoms with Crippen molar-refractivity contribution >= 4 is 0 Å². The van der Waals surface area contributed by atoms with Gasteiger partial charge in [-0.1, -0.05) is 19.8 Å². The normalized spacial score (nSPS) is 34.0. The molecule has 0 saturated carbocycles. The molecule has 0 N–H and O–H groups in total. The van der Waals surface area contributed by atoms with Crippen molar-refractivity contribution in [1.82, 2.24) is 0 Å². The van der Waals surface area contributed by atoms with Gasteiger partial charge in [-0.05, 0) is 13.3 Å². The molecule has 1 nitrogen and oxygen atoms in total. The molecule has 1 heterocycles. The van der Waals surface area contributed by atoms with Crippen molar-refractivity contribution in [2.45, 2.75) is 32.3 Å². The third kappa shape index (κ3) is 1.68. The van der Waals surface area contributed by atoms with E-state index < -0.39 is 0 Å². The molecule has 1 heteroatoms. The summed E-state index contributed by atoms with van der Waals surface area (Å²) in [7, 11) is 0. The maximum absolute atomic E-state index is 5.13. The summed E-state index contributed by atoms with van der Waals surface area (Å²) < 4.78 is 5.13. The van der Waals surface area contributed by atoms with Crippen molar-refractivity contribution < 1.29 is 4.74 Å². The molecule has 0 aromatic carbocycles. The van der Waals surface area contributed by atoms with E-state index in [1.165, 1.54) is 19.3 Å². The number of rotatable bonds is 3. The van der Waals surface area contributed by atoms with Gasteiger partial charge in [0.1, 0.15) is 0 Å². The fraction of sp³-hybridized carbons (Fsp3) is 0.875. The average molecular weight is 127 g/mol. The SMILES string of the molecule is [CH2]C1OCC1CCCC. The molecule has 0 aliphatic carbocycles. The molecule has 1 rings (SSSR count). The predicted octanol–water partition coefficient (Wildman–Crippen LogP) is 2.03. The van der Waals surface area contributed by atoms with Crippen LogP contribution in [0.2, 0.25) is 0 Å². The van der Waals surface area contributed by atoms with Crippen LogP contribution in [0.5, 0.6) is 0 Å². The molecular weight excluding hydrogens is 112 g/mol. The molecule has 2 unspecified atom stereocenters.